The number of fused-ring (bicyclic) bond motifs is 1. The lowest BCUT2D eigenvalue weighted by molar-refractivity contribution is 0.0699. The Morgan fingerprint density at radius 1 is 1.21 bits per heavy atom. The van der Waals surface area contributed by atoms with Gasteiger partial charge in [0, 0.05) is 36.9 Å². The molecule has 0 atom stereocenters. The number of imidazole rings is 1. The Balaban J connectivity index is 1.39. The van der Waals surface area contributed by atoms with E-state index in [9.17, 15) is 9.18 Å². The summed E-state index contributed by atoms with van der Waals surface area (Å²) in [6, 6.07) is 8.57. The molecule has 8 heteroatoms. The number of carbonyl (C=O) groups excluding carboxylic acids is 1. The van der Waals surface area contributed by atoms with E-state index in [0.29, 0.717) is 6.04 Å². The molecule has 0 spiro atoms. The summed E-state index contributed by atoms with van der Waals surface area (Å²) in [6.07, 6.45) is 7.47. The molecular weight excluding hydrogens is 389 g/mol. The maximum Gasteiger partial charge on any atom is 0.264 e. The first-order valence-corrected chi connectivity index (χ1v) is 10.4. The van der Waals surface area contributed by atoms with Gasteiger partial charge in [-0.15, -0.1) is 11.3 Å². The molecule has 148 valence electrons. The van der Waals surface area contributed by atoms with Gasteiger partial charge >= 0.3 is 0 Å². The molecule has 3 aromatic heterocycles. The van der Waals surface area contributed by atoms with Crippen LogP contribution in [0.2, 0.25) is 0 Å². The Bertz CT molecular complexity index is 1150. The summed E-state index contributed by atoms with van der Waals surface area (Å²) in [7, 11) is 0. The van der Waals surface area contributed by atoms with Gasteiger partial charge in [-0.2, -0.15) is 5.10 Å². The van der Waals surface area contributed by atoms with E-state index in [1.165, 1.54) is 23.5 Å². The van der Waals surface area contributed by atoms with E-state index in [4.69, 9.17) is 0 Å². The Labute approximate surface area is 171 Å². The van der Waals surface area contributed by atoms with Crippen molar-refractivity contribution in [3.05, 3.63) is 65.4 Å². The SMILES string of the molecule is Cc1nn(-c2ccc(F)cc2)c2sc(C(=O)N3CCC(n4ccnc4)CC3)cc12. The van der Waals surface area contributed by atoms with Gasteiger partial charge in [-0.25, -0.2) is 14.1 Å². The molecule has 1 amide bonds. The maximum atomic E-state index is 13.3. The number of amides is 1. The van der Waals surface area contributed by atoms with Gasteiger partial charge in [-0.05, 0) is 50.1 Å². The molecule has 0 saturated carbocycles. The second kappa shape index (κ2) is 7.11. The van der Waals surface area contributed by atoms with Crippen LogP contribution in [0.4, 0.5) is 4.39 Å². The monoisotopic (exact) mass is 409 g/mol. The van der Waals surface area contributed by atoms with Crippen LogP contribution < -0.4 is 0 Å². The third-order valence-electron chi connectivity index (χ3n) is 5.52. The number of likely N-dealkylation sites (tertiary alicyclic amines) is 1. The van der Waals surface area contributed by atoms with Gasteiger partial charge in [0.05, 0.1) is 22.6 Å². The highest BCUT2D eigenvalue weighted by atomic mass is 32.1. The number of piperidine rings is 1. The van der Waals surface area contributed by atoms with Gasteiger partial charge < -0.3 is 9.47 Å². The molecular formula is C21H20FN5OS. The van der Waals surface area contributed by atoms with Crippen LogP contribution in [0.5, 0.6) is 0 Å². The Morgan fingerprint density at radius 2 is 1.97 bits per heavy atom. The molecule has 0 radical (unpaired) electrons. The first-order chi connectivity index (χ1) is 14.1. The minimum absolute atomic E-state index is 0.0698. The van der Waals surface area contributed by atoms with Gasteiger partial charge in [0.15, 0.2) is 0 Å². The number of nitrogens with zero attached hydrogens (tertiary/aromatic N) is 5. The van der Waals surface area contributed by atoms with Gasteiger partial charge in [0.2, 0.25) is 0 Å². The van der Waals surface area contributed by atoms with Gasteiger partial charge in [0.25, 0.3) is 5.91 Å². The van der Waals surface area contributed by atoms with Crippen molar-refractivity contribution < 1.29 is 9.18 Å². The number of halogens is 1. The predicted molar refractivity (Wildman–Crippen MR) is 110 cm³/mol. The zero-order valence-corrected chi connectivity index (χ0v) is 16.8. The van der Waals surface area contributed by atoms with Gasteiger partial charge in [-0.3, -0.25) is 4.79 Å². The minimum Gasteiger partial charge on any atom is -0.338 e. The number of hydrogen-bond acceptors (Lipinski definition) is 4. The fraction of sp³-hybridized carbons (Fsp3) is 0.286. The van der Waals surface area contributed by atoms with Crippen molar-refractivity contribution in [1.82, 2.24) is 24.2 Å². The Hall–Kier alpha value is -3.00. The van der Waals surface area contributed by atoms with Crippen LogP contribution in [0.3, 0.4) is 0 Å². The molecule has 5 rings (SSSR count). The van der Waals surface area contributed by atoms with Crippen LogP contribution in [0.15, 0.2) is 49.1 Å². The largest absolute Gasteiger partial charge is 0.338 e. The molecule has 1 aliphatic heterocycles. The standard InChI is InChI=1S/C21H20FN5OS/c1-14-18-12-19(29-21(18)27(24-14)17-4-2-15(22)3-5-17)20(28)25-9-6-16(7-10-25)26-11-8-23-13-26/h2-5,8,11-13,16H,6-7,9-10H2,1H3. The second-order valence-corrected chi connectivity index (χ2v) is 8.37. The molecule has 1 fully saturated rings. The Kier molecular flexibility index (Phi) is 4.43. The number of aromatic nitrogens is 4. The van der Waals surface area contributed by atoms with E-state index in [-0.39, 0.29) is 11.7 Å². The highest BCUT2D eigenvalue weighted by Gasteiger charge is 2.26. The zero-order chi connectivity index (χ0) is 20.0. The van der Waals surface area contributed by atoms with Crippen molar-refractivity contribution in [2.24, 2.45) is 0 Å². The van der Waals surface area contributed by atoms with E-state index in [1.807, 2.05) is 30.4 Å². The molecule has 0 N–H and O–H groups in total. The van der Waals surface area contributed by atoms with Crippen molar-refractivity contribution in [3.8, 4) is 5.69 Å². The summed E-state index contributed by atoms with van der Waals surface area (Å²) < 4.78 is 17.2. The number of aryl methyl sites for hydroxylation is 1. The lowest BCUT2D eigenvalue weighted by atomic mass is 10.0. The lowest BCUT2D eigenvalue weighted by Gasteiger charge is -2.32. The van der Waals surface area contributed by atoms with Gasteiger partial charge in [-0.1, -0.05) is 0 Å². The average molecular weight is 409 g/mol. The number of thiophene rings is 1. The number of benzene rings is 1. The van der Waals surface area contributed by atoms with Crippen LogP contribution in [-0.4, -0.2) is 43.2 Å². The topological polar surface area (TPSA) is 56.0 Å². The molecule has 1 saturated heterocycles. The molecule has 1 aliphatic rings. The van der Waals surface area contributed by atoms with E-state index in [1.54, 1.807) is 23.0 Å². The third kappa shape index (κ3) is 3.23. The lowest BCUT2D eigenvalue weighted by Crippen LogP contribution is -2.38. The van der Waals surface area contributed by atoms with E-state index in [0.717, 1.165) is 52.4 Å². The molecule has 4 aromatic rings. The number of carbonyl (C=O) groups is 1. The normalized spacial score (nSPS) is 15.3. The van der Waals surface area contributed by atoms with Crippen LogP contribution in [0, 0.1) is 12.7 Å². The minimum atomic E-state index is -0.282. The molecule has 1 aromatic carbocycles. The zero-order valence-electron chi connectivity index (χ0n) is 16.0. The predicted octanol–water partition coefficient (Wildman–Crippen LogP) is 4.21. The summed E-state index contributed by atoms with van der Waals surface area (Å²) in [4.78, 5) is 20.8. The fourth-order valence-electron chi connectivity index (χ4n) is 3.92. The molecule has 6 nitrogen and oxygen atoms in total. The van der Waals surface area contributed by atoms with E-state index >= 15 is 0 Å². The molecule has 4 heterocycles. The first-order valence-electron chi connectivity index (χ1n) is 9.62. The molecule has 29 heavy (non-hydrogen) atoms. The van der Waals surface area contributed by atoms with Crippen molar-refractivity contribution in [1.29, 1.82) is 0 Å². The maximum absolute atomic E-state index is 13.3. The molecule has 0 bridgehead atoms. The summed E-state index contributed by atoms with van der Waals surface area (Å²) in [5.74, 6) is -0.213. The van der Waals surface area contributed by atoms with Crippen LogP contribution in [-0.2, 0) is 0 Å². The summed E-state index contributed by atoms with van der Waals surface area (Å²) in [6.45, 7) is 3.40. The summed E-state index contributed by atoms with van der Waals surface area (Å²) >= 11 is 1.44. The van der Waals surface area contributed by atoms with Crippen molar-refractivity contribution in [3.63, 3.8) is 0 Å². The Morgan fingerprint density at radius 3 is 2.66 bits per heavy atom. The van der Waals surface area contributed by atoms with E-state index < -0.39 is 0 Å². The van der Waals surface area contributed by atoms with Crippen molar-refractivity contribution in [2.75, 3.05) is 13.1 Å². The average Bonchev–Trinajstić information content (AvgIpc) is 3.47. The van der Waals surface area contributed by atoms with Crippen LogP contribution in [0.25, 0.3) is 15.9 Å². The fourth-order valence-corrected chi connectivity index (χ4v) is 5.07. The third-order valence-corrected chi connectivity index (χ3v) is 6.62. The number of rotatable bonds is 3. The molecule has 0 aliphatic carbocycles. The number of hydrogen-bond donors (Lipinski definition) is 0. The van der Waals surface area contributed by atoms with Crippen molar-refractivity contribution in [2.45, 2.75) is 25.8 Å². The smallest absolute Gasteiger partial charge is 0.264 e. The quantitative estimate of drug-likeness (QED) is 0.509. The van der Waals surface area contributed by atoms with Crippen molar-refractivity contribution >= 4 is 27.5 Å². The van der Waals surface area contributed by atoms with Crippen LogP contribution >= 0.6 is 11.3 Å². The highest BCUT2D eigenvalue weighted by molar-refractivity contribution is 7.20. The first kappa shape index (κ1) is 18.1. The second-order valence-electron chi connectivity index (χ2n) is 7.34. The van der Waals surface area contributed by atoms with Crippen LogP contribution in [0.1, 0.15) is 34.2 Å². The highest BCUT2D eigenvalue weighted by Crippen LogP contribution is 2.32. The summed E-state index contributed by atoms with van der Waals surface area (Å²) in [5.41, 5.74) is 1.64. The summed E-state index contributed by atoms with van der Waals surface area (Å²) in [5, 5.41) is 5.54. The van der Waals surface area contributed by atoms with E-state index in [2.05, 4.69) is 14.6 Å². The van der Waals surface area contributed by atoms with Gasteiger partial charge in [0.1, 0.15) is 10.6 Å². The molecule has 0 unspecified atom stereocenters.